The Morgan fingerprint density at radius 2 is 1.69 bits per heavy atom. The molecule has 2 N–H and O–H groups in total. The summed E-state index contributed by atoms with van der Waals surface area (Å²) < 4.78 is 28.0. The monoisotopic (exact) mass is 454 g/mol. The minimum Gasteiger partial charge on any atom is -0.545 e. The maximum atomic E-state index is 12.9. The largest absolute Gasteiger partial charge is 0.545 e. The van der Waals surface area contributed by atoms with Crippen molar-refractivity contribution in [1.82, 2.24) is 0 Å². The van der Waals surface area contributed by atoms with Crippen LogP contribution in [0.15, 0.2) is 71.6 Å². The summed E-state index contributed by atoms with van der Waals surface area (Å²) in [5, 5.41) is 24.6. The van der Waals surface area contributed by atoms with Crippen LogP contribution < -0.4 is 15.1 Å². The first-order valence-electron chi connectivity index (χ1n) is 9.08. The van der Waals surface area contributed by atoms with Gasteiger partial charge in [0, 0.05) is 23.3 Å². The van der Waals surface area contributed by atoms with Crippen LogP contribution in [0.1, 0.15) is 26.3 Å². The first-order valence-corrected chi connectivity index (χ1v) is 10.6. The van der Waals surface area contributed by atoms with Gasteiger partial charge in [0.15, 0.2) is 0 Å². The minimum atomic E-state index is -4.19. The predicted molar refractivity (Wildman–Crippen MR) is 114 cm³/mol. The van der Waals surface area contributed by atoms with Gasteiger partial charge < -0.3 is 15.2 Å². The number of nitro benzene ring substituents is 1. The van der Waals surface area contributed by atoms with E-state index >= 15 is 0 Å². The maximum Gasteiger partial charge on any atom is 0.271 e. The number of carbonyl (C=O) groups is 2. The van der Waals surface area contributed by atoms with Gasteiger partial charge in [0.25, 0.3) is 21.6 Å². The molecule has 0 aliphatic heterocycles. The van der Waals surface area contributed by atoms with E-state index in [2.05, 4.69) is 10.0 Å². The molecule has 0 unspecified atom stereocenters. The highest BCUT2D eigenvalue weighted by molar-refractivity contribution is 7.92. The van der Waals surface area contributed by atoms with Crippen LogP contribution in [0, 0.1) is 17.0 Å². The topological polar surface area (TPSA) is 159 Å². The molecule has 0 fully saturated rings. The van der Waals surface area contributed by atoms with Crippen LogP contribution in [0.5, 0.6) is 0 Å². The summed E-state index contributed by atoms with van der Waals surface area (Å²) in [6.45, 7) is 1.52. The van der Waals surface area contributed by atoms with Gasteiger partial charge in [-0.3, -0.25) is 19.6 Å². The highest BCUT2D eigenvalue weighted by Gasteiger charge is 2.21. The molecular weight excluding hydrogens is 438 g/mol. The van der Waals surface area contributed by atoms with Crippen molar-refractivity contribution in [2.24, 2.45) is 0 Å². The number of nitrogens with one attached hydrogen (secondary N) is 2. The number of nitro groups is 1. The smallest absolute Gasteiger partial charge is 0.271 e. The number of amides is 1. The molecule has 0 aliphatic carbocycles. The van der Waals surface area contributed by atoms with Crippen molar-refractivity contribution < 1.29 is 28.0 Å². The molecule has 0 aliphatic rings. The molecule has 3 rings (SSSR count). The van der Waals surface area contributed by atoms with Crippen molar-refractivity contribution in [2.75, 3.05) is 10.0 Å². The fourth-order valence-corrected chi connectivity index (χ4v) is 4.21. The molecule has 0 spiro atoms. The number of hydrogen-bond acceptors (Lipinski definition) is 7. The number of anilines is 2. The molecule has 0 heterocycles. The quantitative estimate of drug-likeness (QED) is 0.409. The zero-order valence-corrected chi connectivity index (χ0v) is 17.4. The molecule has 0 bridgehead atoms. The van der Waals surface area contributed by atoms with E-state index in [0.29, 0.717) is 5.56 Å². The number of sulfonamides is 1. The highest BCUT2D eigenvalue weighted by Crippen LogP contribution is 2.24. The molecule has 10 nitrogen and oxygen atoms in total. The fourth-order valence-electron chi connectivity index (χ4n) is 2.89. The molecule has 0 aromatic heterocycles. The molecule has 0 saturated carbocycles. The van der Waals surface area contributed by atoms with E-state index in [4.69, 9.17) is 0 Å². The number of hydrogen-bond donors (Lipinski definition) is 2. The SMILES string of the molecule is Cc1ccc(C(=O)Nc2ccccc2C(=O)[O-])cc1S(=O)(=O)Nc1cccc([N+](=O)[O-])c1. The summed E-state index contributed by atoms with van der Waals surface area (Å²) in [5.41, 5.74) is -0.249. The highest BCUT2D eigenvalue weighted by atomic mass is 32.2. The number of rotatable bonds is 7. The first kappa shape index (κ1) is 22.4. The Morgan fingerprint density at radius 1 is 0.969 bits per heavy atom. The molecule has 32 heavy (non-hydrogen) atoms. The lowest BCUT2D eigenvalue weighted by Crippen LogP contribution is -2.25. The molecule has 3 aromatic rings. The average molecular weight is 454 g/mol. The molecule has 0 radical (unpaired) electrons. The van der Waals surface area contributed by atoms with Gasteiger partial charge in [0.2, 0.25) is 0 Å². The number of aromatic carboxylic acids is 1. The minimum absolute atomic E-state index is 0.00259. The van der Waals surface area contributed by atoms with Gasteiger partial charge in [-0.2, -0.15) is 0 Å². The standard InChI is InChI=1S/C21H17N3O7S/c1-13-9-10-14(20(25)22-18-8-3-2-7-17(18)21(26)27)11-19(13)32(30,31)23-15-5-4-6-16(12-15)24(28)29/h2-12,23H,1H3,(H,22,25)(H,26,27)/p-1. The van der Waals surface area contributed by atoms with E-state index in [0.717, 1.165) is 12.1 Å². The zero-order chi connectivity index (χ0) is 23.5. The Kier molecular flexibility index (Phi) is 6.21. The van der Waals surface area contributed by atoms with E-state index in [1.807, 2.05) is 0 Å². The van der Waals surface area contributed by atoms with E-state index in [1.165, 1.54) is 61.5 Å². The van der Waals surface area contributed by atoms with Gasteiger partial charge in [-0.1, -0.05) is 30.3 Å². The van der Waals surface area contributed by atoms with Gasteiger partial charge in [0.1, 0.15) is 0 Å². The second kappa shape index (κ2) is 8.86. The second-order valence-corrected chi connectivity index (χ2v) is 8.33. The lowest BCUT2D eigenvalue weighted by Gasteiger charge is -2.14. The van der Waals surface area contributed by atoms with E-state index in [9.17, 15) is 33.2 Å². The molecular formula is C21H16N3O7S-. The van der Waals surface area contributed by atoms with Gasteiger partial charge in [-0.25, -0.2) is 8.42 Å². The summed E-state index contributed by atoms with van der Waals surface area (Å²) >= 11 is 0. The second-order valence-electron chi connectivity index (χ2n) is 6.68. The number of non-ortho nitro benzene ring substituents is 1. The van der Waals surface area contributed by atoms with Crippen LogP contribution in [0.2, 0.25) is 0 Å². The van der Waals surface area contributed by atoms with Crippen molar-refractivity contribution in [1.29, 1.82) is 0 Å². The molecule has 1 amide bonds. The molecule has 3 aromatic carbocycles. The summed E-state index contributed by atoms with van der Waals surface area (Å²) in [4.78, 5) is 33.9. The number of nitrogens with zero attached hydrogens (tertiary/aromatic N) is 1. The third kappa shape index (κ3) is 4.90. The number of benzene rings is 3. The van der Waals surface area contributed by atoms with Gasteiger partial charge in [0.05, 0.1) is 27.2 Å². The summed E-state index contributed by atoms with van der Waals surface area (Å²) in [6, 6.07) is 14.5. The zero-order valence-electron chi connectivity index (χ0n) is 16.6. The molecule has 0 atom stereocenters. The van der Waals surface area contributed by atoms with Crippen molar-refractivity contribution in [3.05, 3.63) is 93.5 Å². The predicted octanol–water partition coefficient (Wildman–Crippen LogP) is 2.32. The van der Waals surface area contributed by atoms with E-state index in [1.54, 1.807) is 0 Å². The summed E-state index contributed by atoms with van der Waals surface area (Å²) in [5.74, 6) is -2.21. The Labute approximate surface area is 182 Å². The number of carboxylic acid groups (broad SMARTS) is 1. The Morgan fingerprint density at radius 3 is 2.38 bits per heavy atom. The normalized spacial score (nSPS) is 10.9. The molecule has 164 valence electrons. The van der Waals surface area contributed by atoms with Gasteiger partial charge in [-0.05, 0) is 36.8 Å². The van der Waals surface area contributed by atoms with Crippen molar-refractivity contribution >= 4 is 39.0 Å². The van der Waals surface area contributed by atoms with Crippen LogP contribution in [0.25, 0.3) is 0 Å². The first-order chi connectivity index (χ1) is 15.1. The number of carbonyl (C=O) groups excluding carboxylic acids is 2. The molecule has 0 saturated heterocycles. The van der Waals surface area contributed by atoms with Crippen molar-refractivity contribution in [3.63, 3.8) is 0 Å². The number of carboxylic acids is 1. The van der Waals surface area contributed by atoms with E-state index < -0.39 is 26.8 Å². The number of para-hydroxylation sites is 1. The fraction of sp³-hybridized carbons (Fsp3) is 0.0476. The Balaban J connectivity index is 1.91. The van der Waals surface area contributed by atoms with Crippen molar-refractivity contribution in [3.8, 4) is 0 Å². The average Bonchev–Trinajstić information content (AvgIpc) is 2.74. The van der Waals surface area contributed by atoms with Gasteiger partial charge >= 0.3 is 0 Å². The van der Waals surface area contributed by atoms with Crippen LogP contribution in [-0.4, -0.2) is 25.2 Å². The summed E-state index contributed by atoms with van der Waals surface area (Å²) in [6.07, 6.45) is 0. The third-order valence-corrected chi connectivity index (χ3v) is 5.97. The summed E-state index contributed by atoms with van der Waals surface area (Å²) in [7, 11) is -4.19. The lowest BCUT2D eigenvalue weighted by molar-refractivity contribution is -0.384. The maximum absolute atomic E-state index is 12.9. The van der Waals surface area contributed by atoms with Crippen molar-refractivity contribution in [2.45, 2.75) is 11.8 Å². The van der Waals surface area contributed by atoms with Gasteiger partial charge in [-0.15, -0.1) is 0 Å². The van der Waals surface area contributed by atoms with Crippen LogP contribution in [-0.2, 0) is 10.0 Å². The number of aryl methyl sites for hydroxylation is 1. The van der Waals surface area contributed by atoms with Crippen LogP contribution in [0.3, 0.4) is 0 Å². The van der Waals surface area contributed by atoms with Crippen LogP contribution in [0.4, 0.5) is 17.1 Å². The Hall–Kier alpha value is -4.25. The van der Waals surface area contributed by atoms with E-state index in [-0.39, 0.29) is 33.1 Å². The van der Waals surface area contributed by atoms with Crippen LogP contribution >= 0.6 is 0 Å². The lowest BCUT2D eigenvalue weighted by atomic mass is 10.1. The molecule has 11 heteroatoms. The third-order valence-electron chi connectivity index (χ3n) is 4.44. The Bertz CT molecular complexity index is 1340.